The highest BCUT2D eigenvalue weighted by molar-refractivity contribution is 5.81. The Balaban J connectivity index is 2.44. The summed E-state index contributed by atoms with van der Waals surface area (Å²) in [7, 11) is 0. The molecule has 1 aromatic carbocycles. The van der Waals surface area contributed by atoms with Crippen molar-refractivity contribution in [2.45, 2.75) is 52.7 Å². The summed E-state index contributed by atoms with van der Waals surface area (Å²) in [6, 6.07) is 7.62. The average molecular weight is 278 g/mol. The van der Waals surface area contributed by atoms with E-state index in [4.69, 9.17) is 4.74 Å². The van der Waals surface area contributed by atoms with Gasteiger partial charge < -0.3 is 15.4 Å². The van der Waals surface area contributed by atoms with Gasteiger partial charge in [0.1, 0.15) is 5.75 Å². The van der Waals surface area contributed by atoms with Crippen LogP contribution in [0.2, 0.25) is 0 Å². The van der Waals surface area contributed by atoms with Crippen LogP contribution in [-0.4, -0.2) is 24.1 Å². The average Bonchev–Trinajstić information content (AvgIpc) is 2.37. The van der Waals surface area contributed by atoms with E-state index in [1.165, 1.54) is 0 Å². The molecule has 112 valence electrons. The Morgan fingerprint density at radius 3 is 2.35 bits per heavy atom. The number of hydrogen-bond acceptors (Lipinski definition) is 3. The zero-order valence-electron chi connectivity index (χ0n) is 13.1. The minimum absolute atomic E-state index is 0.000595. The van der Waals surface area contributed by atoms with Gasteiger partial charge in [0.15, 0.2) is 0 Å². The molecule has 0 atom stereocenters. The monoisotopic (exact) mass is 278 g/mol. The fraction of sp³-hybridized carbons (Fsp3) is 0.562. The first-order chi connectivity index (χ1) is 9.32. The molecule has 0 saturated heterocycles. The van der Waals surface area contributed by atoms with Crippen molar-refractivity contribution >= 4 is 11.6 Å². The molecule has 0 radical (unpaired) electrons. The fourth-order valence-corrected chi connectivity index (χ4v) is 1.62. The van der Waals surface area contributed by atoms with E-state index in [1.54, 1.807) is 0 Å². The van der Waals surface area contributed by atoms with Crippen LogP contribution in [0.3, 0.4) is 0 Å². The Kier molecular flexibility index (Phi) is 5.86. The lowest BCUT2D eigenvalue weighted by molar-refractivity contribution is -0.121. The molecule has 0 fully saturated rings. The molecule has 0 unspecified atom stereocenters. The Bertz CT molecular complexity index is 425. The number of ether oxygens (including phenoxy) is 1. The number of rotatable bonds is 7. The maximum Gasteiger partial charge on any atom is 0.239 e. The number of nitrogens with one attached hydrogen (secondary N) is 2. The lowest BCUT2D eigenvalue weighted by Crippen LogP contribution is -2.45. The third-order valence-electron chi connectivity index (χ3n) is 3.04. The van der Waals surface area contributed by atoms with Crippen LogP contribution in [0.4, 0.5) is 5.69 Å². The van der Waals surface area contributed by atoms with E-state index in [2.05, 4.69) is 17.6 Å². The van der Waals surface area contributed by atoms with Gasteiger partial charge in [-0.25, -0.2) is 0 Å². The maximum absolute atomic E-state index is 11.8. The molecule has 0 saturated carbocycles. The van der Waals surface area contributed by atoms with Crippen LogP contribution < -0.4 is 15.4 Å². The summed E-state index contributed by atoms with van der Waals surface area (Å²) >= 11 is 0. The van der Waals surface area contributed by atoms with Gasteiger partial charge in [0, 0.05) is 11.2 Å². The first-order valence-corrected chi connectivity index (χ1v) is 7.14. The standard InChI is InChI=1S/C16H26N2O2/c1-6-16(4,5)18-15(19)11-17-13-7-9-14(10-8-13)20-12(2)3/h7-10,12,17H,6,11H2,1-5H3,(H,18,19). The molecule has 0 aliphatic carbocycles. The Labute approximate surface area is 121 Å². The Morgan fingerprint density at radius 1 is 1.25 bits per heavy atom. The third kappa shape index (κ3) is 5.95. The van der Waals surface area contributed by atoms with Crippen LogP contribution in [0.5, 0.6) is 5.75 Å². The molecule has 0 bridgehead atoms. The normalized spacial score (nSPS) is 11.3. The molecule has 0 heterocycles. The summed E-state index contributed by atoms with van der Waals surface area (Å²) in [4.78, 5) is 11.8. The van der Waals surface area contributed by atoms with Gasteiger partial charge in [0.05, 0.1) is 12.6 Å². The largest absolute Gasteiger partial charge is 0.491 e. The van der Waals surface area contributed by atoms with E-state index in [1.807, 2.05) is 52.0 Å². The zero-order valence-corrected chi connectivity index (χ0v) is 13.1. The summed E-state index contributed by atoms with van der Waals surface area (Å²) in [6.45, 7) is 10.3. The van der Waals surface area contributed by atoms with Crippen LogP contribution in [0.1, 0.15) is 41.0 Å². The molecule has 1 rings (SSSR count). The minimum atomic E-state index is -0.159. The first kappa shape index (κ1) is 16.3. The van der Waals surface area contributed by atoms with Gasteiger partial charge in [-0.3, -0.25) is 4.79 Å². The third-order valence-corrected chi connectivity index (χ3v) is 3.04. The Hall–Kier alpha value is -1.71. The quantitative estimate of drug-likeness (QED) is 0.805. The molecule has 2 N–H and O–H groups in total. The fourth-order valence-electron chi connectivity index (χ4n) is 1.62. The topological polar surface area (TPSA) is 50.4 Å². The lowest BCUT2D eigenvalue weighted by atomic mass is 10.0. The van der Waals surface area contributed by atoms with E-state index in [0.717, 1.165) is 17.9 Å². The van der Waals surface area contributed by atoms with E-state index in [9.17, 15) is 4.79 Å². The van der Waals surface area contributed by atoms with Gasteiger partial charge in [0.2, 0.25) is 5.91 Å². The van der Waals surface area contributed by atoms with Gasteiger partial charge >= 0.3 is 0 Å². The van der Waals surface area contributed by atoms with Crippen molar-refractivity contribution in [3.05, 3.63) is 24.3 Å². The van der Waals surface area contributed by atoms with Crippen molar-refractivity contribution in [3.63, 3.8) is 0 Å². The summed E-state index contributed by atoms with van der Waals surface area (Å²) < 4.78 is 5.57. The first-order valence-electron chi connectivity index (χ1n) is 7.14. The molecule has 0 spiro atoms. The number of carbonyl (C=O) groups excluding carboxylic acids is 1. The van der Waals surface area contributed by atoms with Crippen molar-refractivity contribution < 1.29 is 9.53 Å². The molecule has 4 nitrogen and oxygen atoms in total. The molecular weight excluding hydrogens is 252 g/mol. The second-order valence-electron chi connectivity index (χ2n) is 5.83. The number of hydrogen-bond donors (Lipinski definition) is 2. The van der Waals surface area contributed by atoms with E-state index in [0.29, 0.717) is 0 Å². The van der Waals surface area contributed by atoms with Gasteiger partial charge in [-0.15, -0.1) is 0 Å². The van der Waals surface area contributed by atoms with Crippen molar-refractivity contribution in [2.24, 2.45) is 0 Å². The second kappa shape index (κ2) is 7.17. The summed E-state index contributed by atoms with van der Waals surface area (Å²) in [6.07, 6.45) is 1.07. The van der Waals surface area contributed by atoms with Crippen LogP contribution in [0.15, 0.2) is 24.3 Å². The highest BCUT2D eigenvalue weighted by Gasteiger charge is 2.17. The Morgan fingerprint density at radius 2 is 1.85 bits per heavy atom. The van der Waals surface area contributed by atoms with Crippen molar-refractivity contribution in [1.29, 1.82) is 0 Å². The van der Waals surface area contributed by atoms with Crippen LogP contribution in [-0.2, 0) is 4.79 Å². The SMILES string of the molecule is CCC(C)(C)NC(=O)CNc1ccc(OC(C)C)cc1. The van der Waals surface area contributed by atoms with Gasteiger partial charge in [-0.05, 0) is 58.4 Å². The predicted octanol–water partition coefficient (Wildman–Crippen LogP) is 3.19. The molecule has 0 aliphatic heterocycles. The number of anilines is 1. The summed E-state index contributed by atoms with van der Waals surface area (Å²) in [5.41, 5.74) is 0.749. The van der Waals surface area contributed by atoms with E-state index < -0.39 is 0 Å². The molecule has 1 aromatic rings. The number of amides is 1. The van der Waals surface area contributed by atoms with Crippen LogP contribution in [0, 0.1) is 0 Å². The highest BCUT2D eigenvalue weighted by Crippen LogP contribution is 2.16. The van der Waals surface area contributed by atoms with Gasteiger partial charge in [-0.1, -0.05) is 6.92 Å². The molecule has 20 heavy (non-hydrogen) atoms. The highest BCUT2D eigenvalue weighted by atomic mass is 16.5. The smallest absolute Gasteiger partial charge is 0.239 e. The summed E-state index contributed by atoms with van der Waals surface area (Å²) in [5.74, 6) is 0.835. The van der Waals surface area contributed by atoms with Crippen molar-refractivity contribution in [2.75, 3.05) is 11.9 Å². The second-order valence-corrected chi connectivity index (χ2v) is 5.83. The van der Waals surface area contributed by atoms with Crippen LogP contribution >= 0.6 is 0 Å². The number of benzene rings is 1. The predicted molar refractivity (Wildman–Crippen MR) is 83.2 cm³/mol. The molecule has 0 aliphatic rings. The van der Waals surface area contributed by atoms with E-state index in [-0.39, 0.29) is 24.1 Å². The van der Waals surface area contributed by atoms with E-state index >= 15 is 0 Å². The minimum Gasteiger partial charge on any atom is -0.491 e. The summed E-state index contributed by atoms with van der Waals surface area (Å²) in [5, 5.41) is 6.09. The molecule has 0 aromatic heterocycles. The maximum atomic E-state index is 11.8. The molecule has 4 heteroatoms. The zero-order chi connectivity index (χ0) is 15.2. The molecule has 1 amide bonds. The lowest BCUT2D eigenvalue weighted by Gasteiger charge is -2.24. The number of carbonyl (C=O) groups is 1. The molecular formula is C16H26N2O2. The van der Waals surface area contributed by atoms with Crippen molar-refractivity contribution in [3.8, 4) is 5.75 Å². The van der Waals surface area contributed by atoms with Gasteiger partial charge in [-0.2, -0.15) is 0 Å². The van der Waals surface area contributed by atoms with Crippen LogP contribution in [0.25, 0.3) is 0 Å². The van der Waals surface area contributed by atoms with Crippen molar-refractivity contribution in [1.82, 2.24) is 5.32 Å². The van der Waals surface area contributed by atoms with Gasteiger partial charge in [0.25, 0.3) is 0 Å².